The number of imidazole rings is 1. The van der Waals surface area contributed by atoms with Gasteiger partial charge in [-0.3, -0.25) is 4.90 Å². The van der Waals surface area contributed by atoms with Crippen LogP contribution in [0.1, 0.15) is 32.0 Å². The quantitative estimate of drug-likeness (QED) is 0.897. The van der Waals surface area contributed by atoms with Crippen LogP contribution in [0.2, 0.25) is 0 Å². The van der Waals surface area contributed by atoms with E-state index in [9.17, 15) is 8.42 Å². The molecule has 2 aliphatic heterocycles. The number of likely N-dealkylation sites (N-methyl/N-ethyl adjacent to an activating group) is 1. The predicted octanol–water partition coefficient (Wildman–Crippen LogP) is 0.829. The zero-order chi connectivity index (χ0) is 14.3. The summed E-state index contributed by atoms with van der Waals surface area (Å²) in [4.78, 5) is 9.38. The molecule has 0 aliphatic carbocycles. The van der Waals surface area contributed by atoms with E-state index in [0.29, 0.717) is 31.6 Å². The lowest BCUT2D eigenvalue weighted by atomic mass is 10.1. The van der Waals surface area contributed by atoms with Crippen molar-refractivity contribution in [1.29, 1.82) is 0 Å². The summed E-state index contributed by atoms with van der Waals surface area (Å²) in [6.07, 6.45) is 5.36. The van der Waals surface area contributed by atoms with E-state index in [1.807, 2.05) is 6.92 Å². The third-order valence-corrected chi connectivity index (χ3v) is 6.44. The standard InChI is InChI=1S/C13H22N4O2S/c1-3-12-14-8-13(15-12)20(18,19)17-7-6-10-4-5-11(9-17)16(10)2/h8,10-11H,3-7,9H2,1-2H3,(H,14,15). The largest absolute Gasteiger partial charge is 0.332 e. The first-order chi connectivity index (χ1) is 9.52. The highest BCUT2D eigenvalue weighted by Gasteiger charge is 2.39. The highest BCUT2D eigenvalue weighted by Crippen LogP contribution is 2.30. The van der Waals surface area contributed by atoms with Crippen LogP contribution in [0.4, 0.5) is 0 Å². The van der Waals surface area contributed by atoms with E-state index in [1.165, 1.54) is 12.6 Å². The number of fused-ring (bicyclic) bond motifs is 2. The molecule has 0 radical (unpaired) electrons. The first-order valence-electron chi connectivity index (χ1n) is 7.28. The molecular formula is C13H22N4O2S. The molecule has 20 heavy (non-hydrogen) atoms. The van der Waals surface area contributed by atoms with Gasteiger partial charge in [0.1, 0.15) is 5.82 Å². The average molecular weight is 298 g/mol. The number of rotatable bonds is 3. The third kappa shape index (κ3) is 2.27. The van der Waals surface area contributed by atoms with E-state index in [0.717, 1.165) is 18.7 Å². The fourth-order valence-corrected chi connectivity index (χ4v) is 4.71. The number of aromatic amines is 1. The SMILES string of the molecule is CCc1ncc(S(=O)(=O)N2CCC3CCC(C2)N3C)[nH]1. The van der Waals surface area contributed by atoms with Crippen molar-refractivity contribution in [2.45, 2.75) is 49.7 Å². The summed E-state index contributed by atoms with van der Waals surface area (Å²) in [6, 6.07) is 0.888. The second kappa shape index (κ2) is 5.13. The van der Waals surface area contributed by atoms with Crippen molar-refractivity contribution in [2.24, 2.45) is 0 Å². The van der Waals surface area contributed by atoms with Crippen LogP contribution in [0.15, 0.2) is 11.2 Å². The van der Waals surface area contributed by atoms with E-state index in [2.05, 4.69) is 21.9 Å². The Kier molecular flexibility index (Phi) is 3.60. The molecule has 2 bridgehead atoms. The molecule has 2 unspecified atom stereocenters. The van der Waals surface area contributed by atoms with Crippen LogP contribution in [0.3, 0.4) is 0 Å². The summed E-state index contributed by atoms with van der Waals surface area (Å²) < 4.78 is 27.0. The third-order valence-electron chi connectivity index (χ3n) is 4.67. The van der Waals surface area contributed by atoms with Crippen molar-refractivity contribution in [3.05, 3.63) is 12.0 Å². The molecule has 6 nitrogen and oxygen atoms in total. The number of H-pyrrole nitrogens is 1. The summed E-state index contributed by atoms with van der Waals surface area (Å²) in [6.45, 7) is 3.15. The lowest BCUT2D eigenvalue weighted by molar-refractivity contribution is 0.246. The van der Waals surface area contributed by atoms with E-state index in [-0.39, 0.29) is 5.03 Å². The molecule has 7 heteroatoms. The van der Waals surface area contributed by atoms with Crippen LogP contribution in [0.25, 0.3) is 0 Å². The van der Waals surface area contributed by atoms with Crippen molar-refractivity contribution in [2.75, 3.05) is 20.1 Å². The zero-order valence-corrected chi connectivity index (χ0v) is 12.9. The number of nitrogens with zero attached hydrogens (tertiary/aromatic N) is 3. The van der Waals surface area contributed by atoms with Gasteiger partial charge in [-0.2, -0.15) is 4.31 Å². The van der Waals surface area contributed by atoms with Crippen molar-refractivity contribution in [3.63, 3.8) is 0 Å². The number of hydrogen-bond donors (Lipinski definition) is 1. The number of hydrogen-bond acceptors (Lipinski definition) is 4. The summed E-state index contributed by atoms with van der Waals surface area (Å²) in [7, 11) is -1.32. The molecule has 0 spiro atoms. The Morgan fingerprint density at radius 3 is 2.80 bits per heavy atom. The molecule has 112 valence electrons. The van der Waals surface area contributed by atoms with Gasteiger partial charge in [0.05, 0.1) is 6.20 Å². The summed E-state index contributed by atoms with van der Waals surface area (Å²) in [5.41, 5.74) is 0. The minimum atomic E-state index is -3.43. The highest BCUT2D eigenvalue weighted by atomic mass is 32.2. The van der Waals surface area contributed by atoms with Gasteiger partial charge >= 0.3 is 0 Å². The maximum absolute atomic E-state index is 12.7. The number of sulfonamides is 1. The van der Waals surface area contributed by atoms with Crippen molar-refractivity contribution in [1.82, 2.24) is 19.2 Å². The molecular weight excluding hydrogens is 276 g/mol. The topological polar surface area (TPSA) is 69.3 Å². The fraction of sp³-hybridized carbons (Fsp3) is 0.769. The summed E-state index contributed by atoms with van der Waals surface area (Å²) in [5, 5.41) is 0.231. The Labute approximate surface area is 120 Å². The van der Waals surface area contributed by atoms with E-state index in [4.69, 9.17) is 0 Å². The Bertz CT molecular complexity index is 583. The molecule has 3 heterocycles. The van der Waals surface area contributed by atoms with Gasteiger partial charge in [-0.15, -0.1) is 0 Å². The molecule has 3 rings (SSSR count). The highest BCUT2D eigenvalue weighted by molar-refractivity contribution is 7.89. The Morgan fingerprint density at radius 1 is 1.35 bits per heavy atom. The van der Waals surface area contributed by atoms with E-state index < -0.39 is 10.0 Å². The van der Waals surface area contributed by atoms with Crippen LogP contribution >= 0.6 is 0 Å². The summed E-state index contributed by atoms with van der Waals surface area (Å²) >= 11 is 0. The van der Waals surface area contributed by atoms with Gasteiger partial charge in [0.15, 0.2) is 5.03 Å². The fourth-order valence-electron chi connectivity index (χ4n) is 3.29. The molecule has 2 atom stereocenters. The smallest absolute Gasteiger partial charge is 0.260 e. The predicted molar refractivity (Wildman–Crippen MR) is 75.9 cm³/mol. The maximum atomic E-state index is 12.7. The molecule has 1 aromatic heterocycles. The van der Waals surface area contributed by atoms with Crippen LogP contribution in [-0.4, -0.2) is 59.8 Å². The second-order valence-electron chi connectivity index (χ2n) is 5.75. The molecule has 2 fully saturated rings. The van der Waals surface area contributed by atoms with Crippen LogP contribution in [0.5, 0.6) is 0 Å². The first kappa shape index (κ1) is 14.0. The Morgan fingerprint density at radius 2 is 2.10 bits per heavy atom. The Hall–Kier alpha value is -0.920. The minimum absolute atomic E-state index is 0.231. The van der Waals surface area contributed by atoms with Gasteiger partial charge < -0.3 is 4.98 Å². The molecule has 2 aliphatic rings. The molecule has 0 amide bonds. The van der Waals surface area contributed by atoms with Gasteiger partial charge in [-0.05, 0) is 26.3 Å². The monoisotopic (exact) mass is 298 g/mol. The van der Waals surface area contributed by atoms with Gasteiger partial charge in [0, 0.05) is 31.6 Å². The van der Waals surface area contributed by atoms with Gasteiger partial charge in [0.25, 0.3) is 10.0 Å². The van der Waals surface area contributed by atoms with Crippen LogP contribution in [-0.2, 0) is 16.4 Å². The normalized spacial score (nSPS) is 28.7. The minimum Gasteiger partial charge on any atom is -0.332 e. The van der Waals surface area contributed by atoms with Crippen LogP contribution in [0, 0.1) is 0 Å². The molecule has 2 saturated heterocycles. The molecule has 0 saturated carbocycles. The lowest BCUT2D eigenvalue weighted by Crippen LogP contribution is -2.39. The number of aromatic nitrogens is 2. The van der Waals surface area contributed by atoms with Crippen molar-refractivity contribution >= 4 is 10.0 Å². The summed E-state index contributed by atoms with van der Waals surface area (Å²) in [5.74, 6) is 0.719. The van der Waals surface area contributed by atoms with Gasteiger partial charge in [-0.25, -0.2) is 13.4 Å². The number of nitrogens with one attached hydrogen (secondary N) is 1. The zero-order valence-electron chi connectivity index (χ0n) is 12.0. The second-order valence-corrected chi connectivity index (χ2v) is 7.66. The van der Waals surface area contributed by atoms with Gasteiger partial charge in [0.2, 0.25) is 0 Å². The molecule has 1 N–H and O–H groups in total. The number of aryl methyl sites for hydroxylation is 1. The Balaban J connectivity index is 1.84. The maximum Gasteiger partial charge on any atom is 0.260 e. The average Bonchev–Trinajstić information content (AvgIpc) is 2.95. The van der Waals surface area contributed by atoms with Crippen molar-refractivity contribution < 1.29 is 8.42 Å². The van der Waals surface area contributed by atoms with Gasteiger partial charge in [-0.1, -0.05) is 6.92 Å². The van der Waals surface area contributed by atoms with E-state index in [1.54, 1.807) is 4.31 Å². The van der Waals surface area contributed by atoms with Crippen LogP contribution < -0.4 is 0 Å². The molecule has 1 aromatic rings. The lowest BCUT2D eigenvalue weighted by Gasteiger charge is -2.24. The van der Waals surface area contributed by atoms with E-state index >= 15 is 0 Å². The van der Waals surface area contributed by atoms with Crippen molar-refractivity contribution in [3.8, 4) is 0 Å². The first-order valence-corrected chi connectivity index (χ1v) is 8.72. The molecule has 0 aromatic carbocycles.